The van der Waals surface area contributed by atoms with Crippen LogP contribution in [0.4, 0.5) is 5.82 Å². The van der Waals surface area contributed by atoms with Crippen molar-refractivity contribution >= 4 is 27.4 Å². The number of aryl methyl sites for hydroxylation is 1. The fraction of sp³-hybridized carbons (Fsp3) is 0.571. The van der Waals surface area contributed by atoms with Crippen molar-refractivity contribution < 1.29 is 0 Å². The molecule has 4 heterocycles. The molecule has 2 aromatic rings. The zero-order chi connectivity index (χ0) is 12.8. The van der Waals surface area contributed by atoms with E-state index in [4.69, 9.17) is 0 Å². The number of aromatic nitrogens is 2. The predicted molar refractivity (Wildman–Crippen MR) is 78.9 cm³/mol. The Morgan fingerprint density at radius 2 is 2.32 bits per heavy atom. The van der Waals surface area contributed by atoms with E-state index in [-0.39, 0.29) is 0 Å². The normalized spacial score (nSPS) is 26.9. The number of nitrogens with one attached hydrogen (secondary N) is 1. The highest BCUT2D eigenvalue weighted by molar-refractivity contribution is 7.18. The van der Waals surface area contributed by atoms with Crippen LogP contribution in [-0.2, 0) is 0 Å². The van der Waals surface area contributed by atoms with E-state index in [9.17, 15) is 0 Å². The Kier molecular flexibility index (Phi) is 2.70. The quantitative estimate of drug-likeness (QED) is 0.865. The van der Waals surface area contributed by atoms with Gasteiger partial charge in [0.25, 0.3) is 0 Å². The van der Waals surface area contributed by atoms with Gasteiger partial charge >= 0.3 is 0 Å². The molecular formula is C14H18N4S. The SMILES string of the molecule is Cc1csc2c(N3CCC4NCCC4C3)ncnc12. The minimum atomic E-state index is 0.735. The molecule has 2 fully saturated rings. The first-order chi connectivity index (χ1) is 9.33. The van der Waals surface area contributed by atoms with Gasteiger partial charge in [-0.05, 0) is 43.2 Å². The number of thiophene rings is 1. The van der Waals surface area contributed by atoms with Crippen LogP contribution >= 0.6 is 11.3 Å². The molecule has 5 heteroatoms. The molecule has 0 aromatic carbocycles. The lowest BCUT2D eigenvalue weighted by molar-refractivity contribution is 0.375. The van der Waals surface area contributed by atoms with Crippen LogP contribution in [0.1, 0.15) is 18.4 Å². The zero-order valence-corrected chi connectivity index (χ0v) is 11.9. The Morgan fingerprint density at radius 1 is 1.37 bits per heavy atom. The van der Waals surface area contributed by atoms with Gasteiger partial charge in [0, 0.05) is 19.1 Å². The minimum Gasteiger partial charge on any atom is -0.355 e. The standard InChI is InChI=1S/C14H18N4S/c1-9-7-19-13-12(9)16-8-17-14(13)18-5-3-11-10(6-18)2-4-15-11/h7-8,10-11,15H,2-6H2,1H3. The van der Waals surface area contributed by atoms with Crippen molar-refractivity contribution in [1.29, 1.82) is 0 Å². The number of anilines is 1. The summed E-state index contributed by atoms with van der Waals surface area (Å²) in [7, 11) is 0. The lowest BCUT2D eigenvalue weighted by atomic mass is 9.93. The van der Waals surface area contributed by atoms with Gasteiger partial charge in [-0.25, -0.2) is 9.97 Å². The maximum Gasteiger partial charge on any atom is 0.150 e. The number of hydrogen-bond acceptors (Lipinski definition) is 5. The van der Waals surface area contributed by atoms with Gasteiger partial charge in [0.15, 0.2) is 0 Å². The van der Waals surface area contributed by atoms with E-state index in [1.807, 2.05) is 0 Å². The second-order valence-corrected chi connectivity index (χ2v) is 6.52. The number of nitrogens with zero attached hydrogens (tertiary/aromatic N) is 3. The lowest BCUT2D eigenvalue weighted by Gasteiger charge is -2.35. The topological polar surface area (TPSA) is 41.0 Å². The molecule has 4 rings (SSSR count). The molecule has 100 valence electrons. The summed E-state index contributed by atoms with van der Waals surface area (Å²) in [5, 5.41) is 5.80. The van der Waals surface area contributed by atoms with E-state index in [0.717, 1.165) is 36.4 Å². The third-order valence-electron chi connectivity index (χ3n) is 4.47. The van der Waals surface area contributed by atoms with E-state index >= 15 is 0 Å². The highest BCUT2D eigenvalue weighted by Gasteiger charge is 2.33. The Hall–Kier alpha value is -1.20. The molecular weight excluding hydrogens is 256 g/mol. The number of fused-ring (bicyclic) bond motifs is 2. The molecule has 2 saturated heterocycles. The third-order valence-corrected chi connectivity index (χ3v) is 5.55. The highest BCUT2D eigenvalue weighted by Crippen LogP contribution is 2.34. The van der Waals surface area contributed by atoms with E-state index in [1.165, 1.54) is 29.6 Å². The summed E-state index contributed by atoms with van der Waals surface area (Å²) in [6.07, 6.45) is 4.26. The van der Waals surface area contributed by atoms with Gasteiger partial charge in [-0.1, -0.05) is 0 Å². The average molecular weight is 274 g/mol. The van der Waals surface area contributed by atoms with Crippen molar-refractivity contribution in [2.45, 2.75) is 25.8 Å². The first-order valence-electron chi connectivity index (χ1n) is 7.00. The maximum absolute atomic E-state index is 4.56. The Balaban J connectivity index is 1.70. The van der Waals surface area contributed by atoms with E-state index < -0.39 is 0 Å². The van der Waals surface area contributed by atoms with E-state index in [0.29, 0.717) is 0 Å². The van der Waals surface area contributed by atoms with Crippen LogP contribution in [-0.4, -0.2) is 35.6 Å². The molecule has 2 unspecified atom stereocenters. The summed E-state index contributed by atoms with van der Waals surface area (Å²) in [5.74, 6) is 1.94. The predicted octanol–water partition coefficient (Wildman–Crippen LogP) is 2.19. The van der Waals surface area contributed by atoms with Crippen LogP contribution in [0.25, 0.3) is 10.2 Å². The Morgan fingerprint density at radius 3 is 3.26 bits per heavy atom. The van der Waals surface area contributed by atoms with Crippen LogP contribution in [0.5, 0.6) is 0 Å². The molecule has 0 aliphatic carbocycles. The molecule has 2 aliphatic rings. The number of hydrogen-bond donors (Lipinski definition) is 1. The summed E-state index contributed by atoms with van der Waals surface area (Å²) >= 11 is 1.78. The highest BCUT2D eigenvalue weighted by atomic mass is 32.1. The van der Waals surface area contributed by atoms with Crippen molar-refractivity contribution in [3.63, 3.8) is 0 Å². The average Bonchev–Trinajstić information content (AvgIpc) is 3.05. The zero-order valence-electron chi connectivity index (χ0n) is 11.1. The second-order valence-electron chi connectivity index (χ2n) is 5.64. The minimum absolute atomic E-state index is 0.735. The summed E-state index contributed by atoms with van der Waals surface area (Å²) < 4.78 is 1.25. The lowest BCUT2D eigenvalue weighted by Crippen LogP contribution is -2.44. The number of rotatable bonds is 1. The Labute approximate surface area is 116 Å². The van der Waals surface area contributed by atoms with Crippen molar-refractivity contribution in [2.24, 2.45) is 5.92 Å². The molecule has 2 aliphatic heterocycles. The van der Waals surface area contributed by atoms with Gasteiger partial charge < -0.3 is 10.2 Å². The van der Waals surface area contributed by atoms with Gasteiger partial charge in [-0.2, -0.15) is 0 Å². The summed E-state index contributed by atoms with van der Waals surface area (Å²) in [5.41, 5.74) is 2.39. The van der Waals surface area contributed by atoms with Crippen molar-refractivity contribution in [1.82, 2.24) is 15.3 Å². The summed E-state index contributed by atoms with van der Waals surface area (Å²) in [6.45, 7) is 5.56. The molecule has 0 bridgehead atoms. The van der Waals surface area contributed by atoms with Gasteiger partial charge in [-0.15, -0.1) is 11.3 Å². The van der Waals surface area contributed by atoms with Gasteiger partial charge in [0.2, 0.25) is 0 Å². The molecule has 2 aromatic heterocycles. The molecule has 0 spiro atoms. The Bertz CT molecular complexity index is 609. The maximum atomic E-state index is 4.56. The molecule has 1 N–H and O–H groups in total. The van der Waals surface area contributed by atoms with Gasteiger partial charge in [-0.3, -0.25) is 0 Å². The van der Waals surface area contributed by atoms with Crippen LogP contribution in [0.2, 0.25) is 0 Å². The monoisotopic (exact) mass is 274 g/mol. The first kappa shape index (κ1) is 11.6. The fourth-order valence-corrected chi connectivity index (χ4v) is 4.44. The molecule has 0 amide bonds. The van der Waals surface area contributed by atoms with E-state index in [2.05, 4.69) is 32.5 Å². The first-order valence-corrected chi connectivity index (χ1v) is 7.88. The molecule has 4 nitrogen and oxygen atoms in total. The van der Waals surface area contributed by atoms with Crippen molar-refractivity contribution in [3.8, 4) is 0 Å². The van der Waals surface area contributed by atoms with Crippen molar-refractivity contribution in [3.05, 3.63) is 17.3 Å². The third kappa shape index (κ3) is 1.83. The molecule has 0 radical (unpaired) electrons. The van der Waals surface area contributed by atoms with Crippen LogP contribution in [0.3, 0.4) is 0 Å². The molecule has 19 heavy (non-hydrogen) atoms. The van der Waals surface area contributed by atoms with Gasteiger partial charge in [0.1, 0.15) is 12.1 Å². The van der Waals surface area contributed by atoms with Crippen LogP contribution < -0.4 is 10.2 Å². The second kappa shape index (κ2) is 4.42. The fourth-order valence-electron chi connectivity index (χ4n) is 3.42. The van der Waals surface area contributed by atoms with Crippen LogP contribution in [0.15, 0.2) is 11.7 Å². The largest absolute Gasteiger partial charge is 0.355 e. The molecule has 0 saturated carbocycles. The summed E-state index contributed by atoms with van der Waals surface area (Å²) in [4.78, 5) is 11.5. The number of piperidine rings is 1. The summed E-state index contributed by atoms with van der Waals surface area (Å²) in [6, 6.07) is 0.735. The van der Waals surface area contributed by atoms with Crippen LogP contribution in [0, 0.1) is 12.8 Å². The molecule has 2 atom stereocenters. The van der Waals surface area contributed by atoms with Gasteiger partial charge in [0.05, 0.1) is 10.2 Å². The van der Waals surface area contributed by atoms with Crippen molar-refractivity contribution in [2.75, 3.05) is 24.5 Å². The smallest absolute Gasteiger partial charge is 0.150 e. The van der Waals surface area contributed by atoms with E-state index in [1.54, 1.807) is 17.7 Å².